The normalized spacial score (nSPS) is 12.1. The van der Waals surface area contributed by atoms with Gasteiger partial charge in [0.2, 0.25) is 0 Å². The van der Waals surface area contributed by atoms with Crippen molar-refractivity contribution in [2.24, 2.45) is 4.99 Å². The number of benzene rings is 2. The first-order valence-corrected chi connectivity index (χ1v) is 5.58. The Kier molecular flexibility index (Phi) is 2.78. The second-order valence-corrected chi connectivity index (χ2v) is 4.22. The molecule has 0 atom stereocenters. The van der Waals surface area contributed by atoms with Crippen LogP contribution in [0.5, 0.6) is 0 Å². The van der Waals surface area contributed by atoms with Gasteiger partial charge in [0.1, 0.15) is 0 Å². The number of aryl methyl sites for hydroxylation is 2. The Morgan fingerprint density at radius 2 is 1.69 bits per heavy atom. The first kappa shape index (κ1) is 10.9. The largest absolute Gasteiger partial charge is 0.293 e. The highest BCUT2D eigenvalue weighted by atomic mass is 14.7. The van der Waals surface area contributed by atoms with Crippen LogP contribution in [0, 0.1) is 13.8 Å². The maximum atomic E-state index is 4.30. The van der Waals surface area contributed by atoms with Gasteiger partial charge in [0.05, 0.1) is 0 Å². The molecule has 0 unspecified atom stereocenters. The Bertz CT molecular complexity index is 565. The van der Waals surface area contributed by atoms with Crippen molar-refractivity contribution >= 4 is 16.5 Å². The minimum absolute atomic E-state index is 1.10. The molecule has 0 radical (unpaired) electrons. The Labute approximate surface area is 96.8 Å². The number of hydrogen-bond acceptors (Lipinski definition) is 1. The summed E-state index contributed by atoms with van der Waals surface area (Å²) in [4.78, 5) is 4.30. The number of fused-ring (bicyclic) bond motifs is 1. The summed E-state index contributed by atoms with van der Waals surface area (Å²) in [6, 6.07) is 10.8. The molecule has 1 heteroatoms. The minimum atomic E-state index is 1.10. The molecule has 0 aliphatic rings. The average molecular weight is 211 g/mol. The predicted molar refractivity (Wildman–Crippen MR) is 71.6 cm³/mol. The molecular weight excluding hydrogens is 194 g/mol. The molecule has 0 fully saturated rings. The van der Waals surface area contributed by atoms with Gasteiger partial charge in [0.15, 0.2) is 0 Å². The number of hydrogen-bond donors (Lipinski definition) is 0. The average Bonchev–Trinajstić information content (AvgIpc) is 2.33. The second kappa shape index (κ2) is 4.09. The van der Waals surface area contributed by atoms with Gasteiger partial charge in [-0.2, -0.15) is 0 Å². The highest BCUT2D eigenvalue weighted by Gasteiger charge is 2.07. The molecule has 2 aromatic rings. The topological polar surface area (TPSA) is 12.4 Å². The molecule has 0 aliphatic heterocycles. The standard InChI is InChI=1S/C15H17N/c1-10-9-15(12(3)16-4)14-8-6-5-7-13(14)11(10)2/h5-9H,1-4H3. The molecule has 2 rings (SSSR count). The third-order valence-electron chi connectivity index (χ3n) is 3.30. The molecule has 2 aromatic carbocycles. The Morgan fingerprint density at radius 3 is 2.31 bits per heavy atom. The van der Waals surface area contributed by atoms with Crippen LogP contribution >= 0.6 is 0 Å². The van der Waals surface area contributed by atoms with Gasteiger partial charge < -0.3 is 0 Å². The van der Waals surface area contributed by atoms with Crippen LogP contribution in [-0.4, -0.2) is 12.8 Å². The fourth-order valence-electron chi connectivity index (χ4n) is 2.08. The molecule has 0 amide bonds. The quantitative estimate of drug-likeness (QED) is 0.634. The maximum Gasteiger partial charge on any atom is 0.0392 e. The summed E-state index contributed by atoms with van der Waals surface area (Å²) in [6.07, 6.45) is 0. The van der Waals surface area contributed by atoms with Gasteiger partial charge in [0, 0.05) is 18.3 Å². The lowest BCUT2D eigenvalue weighted by molar-refractivity contribution is 1.36. The zero-order chi connectivity index (χ0) is 11.7. The zero-order valence-electron chi connectivity index (χ0n) is 10.3. The lowest BCUT2D eigenvalue weighted by atomic mass is 9.94. The predicted octanol–water partition coefficient (Wildman–Crippen LogP) is 3.90. The van der Waals surface area contributed by atoms with E-state index in [1.54, 1.807) is 0 Å². The summed E-state index contributed by atoms with van der Waals surface area (Å²) in [6.45, 7) is 6.41. The molecule has 0 saturated heterocycles. The van der Waals surface area contributed by atoms with E-state index in [4.69, 9.17) is 0 Å². The van der Waals surface area contributed by atoms with E-state index in [1.807, 2.05) is 7.05 Å². The number of rotatable bonds is 1. The fourth-order valence-corrected chi connectivity index (χ4v) is 2.08. The van der Waals surface area contributed by atoms with E-state index in [0.717, 1.165) is 5.71 Å². The van der Waals surface area contributed by atoms with Crippen molar-refractivity contribution in [3.05, 3.63) is 47.0 Å². The van der Waals surface area contributed by atoms with Gasteiger partial charge in [-0.1, -0.05) is 24.3 Å². The van der Waals surface area contributed by atoms with Crippen molar-refractivity contribution in [1.82, 2.24) is 0 Å². The van der Waals surface area contributed by atoms with Gasteiger partial charge in [-0.15, -0.1) is 0 Å². The van der Waals surface area contributed by atoms with Crippen LogP contribution in [0.15, 0.2) is 35.3 Å². The molecule has 0 saturated carbocycles. The van der Waals surface area contributed by atoms with E-state index in [1.165, 1.54) is 27.5 Å². The Hall–Kier alpha value is -1.63. The lowest BCUT2D eigenvalue weighted by Crippen LogP contribution is -1.98. The van der Waals surface area contributed by atoms with Crippen molar-refractivity contribution in [3.63, 3.8) is 0 Å². The molecule has 1 nitrogen and oxygen atoms in total. The Morgan fingerprint density at radius 1 is 1.06 bits per heavy atom. The minimum Gasteiger partial charge on any atom is -0.293 e. The summed E-state index contributed by atoms with van der Waals surface area (Å²) < 4.78 is 0. The van der Waals surface area contributed by atoms with E-state index in [9.17, 15) is 0 Å². The van der Waals surface area contributed by atoms with Crippen LogP contribution in [0.1, 0.15) is 23.6 Å². The van der Waals surface area contributed by atoms with Crippen molar-refractivity contribution in [3.8, 4) is 0 Å². The van der Waals surface area contributed by atoms with Gasteiger partial charge >= 0.3 is 0 Å². The van der Waals surface area contributed by atoms with Crippen LogP contribution in [-0.2, 0) is 0 Å². The Balaban J connectivity index is 2.90. The third kappa shape index (κ3) is 1.63. The van der Waals surface area contributed by atoms with E-state index in [-0.39, 0.29) is 0 Å². The summed E-state index contributed by atoms with van der Waals surface area (Å²) in [5.74, 6) is 0. The van der Waals surface area contributed by atoms with Crippen molar-refractivity contribution in [1.29, 1.82) is 0 Å². The van der Waals surface area contributed by atoms with Crippen LogP contribution < -0.4 is 0 Å². The van der Waals surface area contributed by atoms with Gasteiger partial charge in [-0.05, 0) is 48.7 Å². The van der Waals surface area contributed by atoms with Gasteiger partial charge in [-0.25, -0.2) is 0 Å². The molecule has 0 aliphatic carbocycles. The third-order valence-corrected chi connectivity index (χ3v) is 3.30. The number of nitrogens with zero attached hydrogens (tertiary/aromatic N) is 1. The summed E-state index contributed by atoms with van der Waals surface area (Å²) in [5.41, 5.74) is 5.04. The van der Waals surface area contributed by atoms with E-state index < -0.39 is 0 Å². The van der Waals surface area contributed by atoms with Gasteiger partial charge in [0.25, 0.3) is 0 Å². The van der Waals surface area contributed by atoms with Crippen LogP contribution in [0.4, 0.5) is 0 Å². The summed E-state index contributed by atoms with van der Waals surface area (Å²) in [7, 11) is 1.85. The smallest absolute Gasteiger partial charge is 0.0392 e. The molecule has 0 aromatic heterocycles. The second-order valence-electron chi connectivity index (χ2n) is 4.22. The van der Waals surface area contributed by atoms with Crippen molar-refractivity contribution in [2.75, 3.05) is 7.05 Å². The van der Waals surface area contributed by atoms with E-state index in [0.29, 0.717) is 0 Å². The molecule has 16 heavy (non-hydrogen) atoms. The van der Waals surface area contributed by atoms with Crippen LogP contribution in [0.25, 0.3) is 10.8 Å². The van der Waals surface area contributed by atoms with E-state index in [2.05, 4.69) is 56.1 Å². The highest BCUT2D eigenvalue weighted by molar-refractivity contribution is 6.10. The molecule has 0 spiro atoms. The monoisotopic (exact) mass is 211 g/mol. The fraction of sp³-hybridized carbons (Fsp3) is 0.267. The van der Waals surface area contributed by atoms with Gasteiger partial charge in [-0.3, -0.25) is 4.99 Å². The van der Waals surface area contributed by atoms with Crippen LogP contribution in [0.2, 0.25) is 0 Å². The molecule has 0 N–H and O–H groups in total. The number of aliphatic imine (C=N–C) groups is 1. The molecular formula is C15H17N. The summed E-state index contributed by atoms with van der Waals surface area (Å²) >= 11 is 0. The van der Waals surface area contributed by atoms with Crippen molar-refractivity contribution < 1.29 is 0 Å². The van der Waals surface area contributed by atoms with E-state index >= 15 is 0 Å². The van der Waals surface area contributed by atoms with Crippen LogP contribution in [0.3, 0.4) is 0 Å². The SMILES string of the molecule is CN=C(C)c1cc(C)c(C)c2ccccc12. The highest BCUT2D eigenvalue weighted by Crippen LogP contribution is 2.25. The first-order chi connectivity index (χ1) is 7.65. The summed E-state index contributed by atoms with van der Waals surface area (Å²) in [5, 5.41) is 2.63. The molecule has 82 valence electrons. The first-order valence-electron chi connectivity index (χ1n) is 5.58. The maximum absolute atomic E-state index is 4.30. The molecule has 0 bridgehead atoms. The lowest BCUT2D eigenvalue weighted by Gasteiger charge is -2.11. The van der Waals surface area contributed by atoms with Crippen molar-refractivity contribution in [2.45, 2.75) is 20.8 Å². The zero-order valence-corrected chi connectivity index (χ0v) is 10.3. The molecule has 0 heterocycles.